The number of nitrogens with one attached hydrogen (secondary N) is 1. The molecule has 0 saturated heterocycles. The summed E-state index contributed by atoms with van der Waals surface area (Å²) >= 11 is 5.48. The Hall–Kier alpha value is -1.16. The van der Waals surface area contributed by atoms with Crippen LogP contribution in [0.5, 0.6) is 0 Å². The third kappa shape index (κ3) is 3.94. The van der Waals surface area contributed by atoms with Gasteiger partial charge in [-0.3, -0.25) is 0 Å². The average Bonchev–Trinajstić information content (AvgIpc) is 2.48. The molecular formula is C16H20N2OSSe. The molecule has 1 N–H and O–H groups in total. The second-order valence-corrected chi connectivity index (χ2v) is 7.43. The Balaban J connectivity index is 2.53. The molecule has 0 amide bonds. The van der Waals surface area contributed by atoms with Gasteiger partial charge >= 0.3 is 136 Å². The molecule has 1 aromatic heterocycles. The first-order valence-electron chi connectivity index (χ1n) is 7.26. The zero-order valence-electron chi connectivity index (χ0n) is 12.4. The minimum atomic E-state index is -0.0249. The number of hydrogen-bond acceptors (Lipinski definition) is 2. The van der Waals surface area contributed by atoms with Crippen LogP contribution < -0.4 is 14.6 Å². The Morgan fingerprint density at radius 3 is 2.57 bits per heavy atom. The van der Waals surface area contributed by atoms with E-state index in [4.69, 9.17) is 12.2 Å². The zero-order chi connectivity index (χ0) is 15.2. The molecule has 21 heavy (non-hydrogen) atoms. The molecule has 0 aliphatic heterocycles. The molecule has 0 aliphatic rings. The summed E-state index contributed by atoms with van der Waals surface area (Å²) in [5.41, 5.74) is 0.853. The van der Waals surface area contributed by atoms with E-state index in [0.29, 0.717) is 4.77 Å². The normalized spacial score (nSPS) is 10.8. The van der Waals surface area contributed by atoms with Gasteiger partial charge in [-0.05, 0) is 0 Å². The van der Waals surface area contributed by atoms with Crippen LogP contribution in [-0.2, 0) is 13.0 Å². The standard InChI is InChI=1S/C16H20N2OSSe/c1-3-5-11-18-15(21-12-9-7-6-8-10-12)13(4-2)14(19)17-16(18)20/h6-10H,3-5,11H2,1-2H3,(H,17,19,20). The van der Waals surface area contributed by atoms with Crippen molar-refractivity contribution in [3.05, 3.63) is 51.0 Å². The van der Waals surface area contributed by atoms with Crippen molar-refractivity contribution in [1.82, 2.24) is 9.55 Å². The Labute approximate surface area is 136 Å². The third-order valence-electron chi connectivity index (χ3n) is 3.29. The maximum absolute atomic E-state index is 12.2. The zero-order valence-corrected chi connectivity index (χ0v) is 14.9. The van der Waals surface area contributed by atoms with Crippen molar-refractivity contribution in [1.29, 1.82) is 0 Å². The van der Waals surface area contributed by atoms with Crippen molar-refractivity contribution in [2.24, 2.45) is 0 Å². The summed E-state index contributed by atoms with van der Waals surface area (Å²) in [5.74, 6) is 0. The predicted octanol–water partition coefficient (Wildman–Crippen LogP) is 1.92. The molecule has 1 aromatic carbocycles. The van der Waals surface area contributed by atoms with E-state index in [1.165, 1.54) is 4.46 Å². The number of aromatic nitrogens is 2. The summed E-state index contributed by atoms with van der Waals surface area (Å²) in [6.45, 7) is 5.07. The number of nitrogens with zero attached hydrogens (tertiary/aromatic N) is 1. The molecule has 0 aliphatic carbocycles. The number of benzene rings is 1. The Morgan fingerprint density at radius 1 is 1.24 bits per heavy atom. The molecule has 0 saturated carbocycles. The van der Waals surface area contributed by atoms with E-state index >= 15 is 0 Å². The summed E-state index contributed by atoms with van der Waals surface area (Å²) in [6, 6.07) is 10.3. The van der Waals surface area contributed by atoms with Gasteiger partial charge in [0.15, 0.2) is 0 Å². The summed E-state index contributed by atoms with van der Waals surface area (Å²) in [7, 11) is 0. The summed E-state index contributed by atoms with van der Waals surface area (Å²) < 4.78 is 5.08. The second-order valence-electron chi connectivity index (χ2n) is 4.82. The summed E-state index contributed by atoms with van der Waals surface area (Å²) in [6.07, 6.45) is 2.92. The van der Waals surface area contributed by atoms with Gasteiger partial charge in [0.25, 0.3) is 0 Å². The van der Waals surface area contributed by atoms with Gasteiger partial charge in [0, 0.05) is 0 Å². The number of H-pyrrole nitrogens is 1. The molecule has 1 heterocycles. The van der Waals surface area contributed by atoms with Gasteiger partial charge in [-0.25, -0.2) is 0 Å². The molecule has 5 heteroatoms. The van der Waals surface area contributed by atoms with Crippen LogP contribution in [0.25, 0.3) is 0 Å². The van der Waals surface area contributed by atoms with Crippen molar-refractivity contribution < 1.29 is 0 Å². The van der Waals surface area contributed by atoms with Gasteiger partial charge in [-0.2, -0.15) is 0 Å². The monoisotopic (exact) mass is 368 g/mol. The Bertz CT molecular complexity index is 706. The van der Waals surface area contributed by atoms with Crippen LogP contribution in [0.15, 0.2) is 35.1 Å². The number of unbranched alkanes of at least 4 members (excludes halogenated alkanes) is 1. The molecule has 0 unspecified atom stereocenters. The van der Waals surface area contributed by atoms with E-state index in [2.05, 4.69) is 28.6 Å². The fourth-order valence-corrected chi connectivity index (χ4v) is 5.00. The van der Waals surface area contributed by atoms with E-state index < -0.39 is 0 Å². The molecule has 2 rings (SSSR count). The van der Waals surface area contributed by atoms with Crippen LogP contribution in [0, 0.1) is 4.77 Å². The first kappa shape index (κ1) is 16.2. The second kappa shape index (κ2) is 7.74. The first-order chi connectivity index (χ1) is 10.2. The number of aromatic amines is 1. The van der Waals surface area contributed by atoms with Crippen LogP contribution in [0.4, 0.5) is 0 Å². The molecule has 0 bridgehead atoms. The van der Waals surface area contributed by atoms with Gasteiger partial charge < -0.3 is 0 Å². The molecule has 0 spiro atoms. The average molecular weight is 367 g/mol. The molecule has 0 radical (unpaired) electrons. The fourth-order valence-electron chi connectivity index (χ4n) is 2.14. The molecule has 112 valence electrons. The third-order valence-corrected chi connectivity index (χ3v) is 6.06. The molecule has 3 nitrogen and oxygen atoms in total. The van der Waals surface area contributed by atoms with Crippen molar-refractivity contribution in [2.45, 2.75) is 39.7 Å². The summed E-state index contributed by atoms with van der Waals surface area (Å²) in [5, 5.41) is 0. The van der Waals surface area contributed by atoms with E-state index in [0.717, 1.165) is 36.0 Å². The van der Waals surface area contributed by atoms with Crippen molar-refractivity contribution in [2.75, 3.05) is 0 Å². The van der Waals surface area contributed by atoms with Gasteiger partial charge in [-0.15, -0.1) is 0 Å². The molecule has 0 atom stereocenters. The van der Waals surface area contributed by atoms with Crippen LogP contribution in [0.2, 0.25) is 0 Å². The van der Waals surface area contributed by atoms with Crippen molar-refractivity contribution in [3.63, 3.8) is 0 Å². The van der Waals surface area contributed by atoms with E-state index in [1.54, 1.807) is 0 Å². The van der Waals surface area contributed by atoms with Crippen LogP contribution in [0.3, 0.4) is 0 Å². The maximum atomic E-state index is 12.2. The topological polar surface area (TPSA) is 37.8 Å². The SMILES string of the molecule is CCCCn1c([Se]c2ccccc2)c(CC)c(=O)[nH]c1=S. The predicted molar refractivity (Wildman–Crippen MR) is 91.6 cm³/mol. The Kier molecular flexibility index (Phi) is 5.97. The van der Waals surface area contributed by atoms with Crippen LogP contribution in [-0.4, -0.2) is 24.5 Å². The fraction of sp³-hybridized carbons (Fsp3) is 0.375. The van der Waals surface area contributed by atoms with Gasteiger partial charge in [0.1, 0.15) is 0 Å². The first-order valence-corrected chi connectivity index (χ1v) is 9.38. The molecule has 2 aromatic rings. The quantitative estimate of drug-likeness (QED) is 0.626. The summed E-state index contributed by atoms with van der Waals surface area (Å²) in [4.78, 5) is 15.0. The van der Waals surface area contributed by atoms with Crippen molar-refractivity contribution in [3.8, 4) is 0 Å². The van der Waals surface area contributed by atoms with Gasteiger partial charge in [0.05, 0.1) is 0 Å². The van der Waals surface area contributed by atoms with E-state index in [-0.39, 0.29) is 20.5 Å². The van der Waals surface area contributed by atoms with E-state index in [1.807, 2.05) is 25.1 Å². The molecule has 0 fully saturated rings. The van der Waals surface area contributed by atoms with Crippen LogP contribution in [0.1, 0.15) is 32.3 Å². The molecular weight excluding hydrogens is 347 g/mol. The Morgan fingerprint density at radius 2 is 1.95 bits per heavy atom. The van der Waals surface area contributed by atoms with Gasteiger partial charge in [-0.1, -0.05) is 0 Å². The van der Waals surface area contributed by atoms with Crippen LogP contribution >= 0.6 is 12.2 Å². The van der Waals surface area contributed by atoms with E-state index in [9.17, 15) is 4.79 Å². The minimum absolute atomic E-state index is 0.0249. The van der Waals surface area contributed by atoms with Gasteiger partial charge in [0.2, 0.25) is 0 Å². The van der Waals surface area contributed by atoms with Crippen molar-refractivity contribution >= 4 is 36.2 Å². The number of hydrogen-bond donors (Lipinski definition) is 1. The number of rotatable bonds is 6.